The maximum Gasteiger partial charge on any atom is 0.0652 e. The molecule has 2 atom stereocenters. The van der Waals surface area contributed by atoms with Crippen LogP contribution in [0.5, 0.6) is 0 Å². The van der Waals surface area contributed by atoms with Crippen molar-refractivity contribution in [2.75, 3.05) is 0 Å². The quantitative estimate of drug-likeness (QED) is 0.870. The first-order valence-electron chi connectivity index (χ1n) is 6.55. The van der Waals surface area contributed by atoms with Crippen molar-refractivity contribution < 1.29 is 5.11 Å². The van der Waals surface area contributed by atoms with Gasteiger partial charge in [0.2, 0.25) is 0 Å². The van der Waals surface area contributed by atoms with E-state index in [4.69, 9.17) is 0 Å². The number of aryl methyl sites for hydroxylation is 1. The minimum atomic E-state index is -0.262. The Hall–Kier alpha value is -1.60. The Labute approximate surface area is 108 Å². The van der Waals surface area contributed by atoms with E-state index in [1.165, 1.54) is 22.3 Å². The second-order valence-corrected chi connectivity index (χ2v) is 5.27. The summed E-state index contributed by atoms with van der Waals surface area (Å²) in [5.41, 5.74) is 5.21. The van der Waals surface area contributed by atoms with Gasteiger partial charge in [0, 0.05) is 5.92 Å². The van der Waals surface area contributed by atoms with Gasteiger partial charge in [0.25, 0.3) is 0 Å². The summed E-state index contributed by atoms with van der Waals surface area (Å²) in [5, 5.41) is 10.4. The monoisotopic (exact) mass is 238 g/mol. The molecule has 18 heavy (non-hydrogen) atoms. The lowest BCUT2D eigenvalue weighted by Gasteiger charge is -2.34. The molecule has 0 saturated heterocycles. The zero-order valence-electron chi connectivity index (χ0n) is 10.6. The number of hydrogen-bond acceptors (Lipinski definition) is 1. The van der Waals surface area contributed by atoms with Crippen LogP contribution in [0.4, 0.5) is 0 Å². The van der Waals surface area contributed by atoms with Gasteiger partial charge in [-0.3, -0.25) is 0 Å². The highest BCUT2D eigenvalue weighted by Crippen LogP contribution is 2.38. The normalized spacial score (nSPS) is 18.9. The van der Waals surface area contributed by atoms with Gasteiger partial charge in [-0.2, -0.15) is 0 Å². The number of rotatable bonds is 3. The average molecular weight is 238 g/mol. The molecule has 0 bridgehead atoms. The second-order valence-electron chi connectivity index (χ2n) is 5.27. The summed E-state index contributed by atoms with van der Waals surface area (Å²) in [6.45, 7) is 2.09. The predicted molar refractivity (Wildman–Crippen MR) is 73.8 cm³/mol. The van der Waals surface area contributed by atoms with Crippen LogP contribution in [0.2, 0.25) is 0 Å². The number of aliphatic hydroxyl groups is 1. The van der Waals surface area contributed by atoms with E-state index >= 15 is 0 Å². The Kier molecular flexibility index (Phi) is 2.92. The molecule has 0 aromatic heterocycles. The highest BCUT2D eigenvalue weighted by atomic mass is 16.3. The summed E-state index contributed by atoms with van der Waals surface area (Å²) in [5.74, 6) is 0.321. The molecule has 0 spiro atoms. The number of benzene rings is 2. The first kappa shape index (κ1) is 11.5. The first-order chi connectivity index (χ1) is 8.74. The summed E-state index contributed by atoms with van der Waals surface area (Å²) in [6, 6.07) is 16.8. The van der Waals surface area contributed by atoms with Crippen LogP contribution in [0.1, 0.15) is 28.2 Å². The Morgan fingerprint density at radius 2 is 2.00 bits per heavy atom. The Morgan fingerprint density at radius 1 is 1.17 bits per heavy atom. The average Bonchev–Trinajstić information content (AvgIpc) is 2.30. The van der Waals surface area contributed by atoms with Crippen LogP contribution in [0, 0.1) is 6.92 Å². The molecule has 0 amide bonds. The Bertz CT molecular complexity index is 559. The van der Waals surface area contributed by atoms with Gasteiger partial charge < -0.3 is 5.11 Å². The molecular weight excluding hydrogens is 220 g/mol. The highest BCUT2D eigenvalue weighted by molar-refractivity contribution is 5.41. The molecule has 0 aliphatic heterocycles. The maximum absolute atomic E-state index is 10.4. The van der Waals surface area contributed by atoms with Crippen LogP contribution in [0.3, 0.4) is 0 Å². The number of aliphatic hydroxyl groups excluding tert-OH is 1. The third-order valence-electron chi connectivity index (χ3n) is 3.89. The molecule has 0 fully saturated rings. The zero-order chi connectivity index (χ0) is 12.5. The predicted octanol–water partition coefficient (Wildman–Crippen LogP) is 3.24. The smallest absolute Gasteiger partial charge is 0.0652 e. The topological polar surface area (TPSA) is 20.2 Å². The van der Waals surface area contributed by atoms with Gasteiger partial charge in [0.1, 0.15) is 0 Å². The van der Waals surface area contributed by atoms with Gasteiger partial charge in [-0.1, -0.05) is 54.1 Å². The fraction of sp³-hybridized carbons (Fsp3) is 0.294. The van der Waals surface area contributed by atoms with Crippen LogP contribution in [0.15, 0.2) is 48.5 Å². The van der Waals surface area contributed by atoms with E-state index in [1.807, 2.05) is 0 Å². The van der Waals surface area contributed by atoms with Gasteiger partial charge in [0.15, 0.2) is 0 Å². The van der Waals surface area contributed by atoms with Crippen molar-refractivity contribution in [1.82, 2.24) is 0 Å². The van der Waals surface area contributed by atoms with Crippen molar-refractivity contribution in [2.24, 2.45) is 0 Å². The molecule has 0 heterocycles. The number of fused-ring (bicyclic) bond motifs is 1. The summed E-state index contributed by atoms with van der Waals surface area (Å²) in [7, 11) is 0. The van der Waals surface area contributed by atoms with E-state index < -0.39 is 0 Å². The highest BCUT2D eigenvalue weighted by Gasteiger charge is 2.31. The van der Waals surface area contributed by atoms with E-state index in [9.17, 15) is 5.11 Å². The van der Waals surface area contributed by atoms with Crippen molar-refractivity contribution in [3.63, 3.8) is 0 Å². The first-order valence-corrected chi connectivity index (χ1v) is 6.55. The lowest BCUT2D eigenvalue weighted by atomic mass is 9.73. The summed E-state index contributed by atoms with van der Waals surface area (Å²) < 4.78 is 0. The van der Waals surface area contributed by atoms with Gasteiger partial charge in [-0.15, -0.1) is 0 Å². The third kappa shape index (κ3) is 2.06. The van der Waals surface area contributed by atoms with E-state index in [-0.39, 0.29) is 6.10 Å². The summed E-state index contributed by atoms with van der Waals surface area (Å²) in [6.07, 6.45) is 1.51. The molecule has 1 aliphatic rings. The Balaban J connectivity index is 1.72. The molecule has 1 aliphatic carbocycles. The number of hydrogen-bond donors (Lipinski definition) is 1. The van der Waals surface area contributed by atoms with Gasteiger partial charge in [0.05, 0.1) is 6.10 Å². The van der Waals surface area contributed by atoms with Crippen LogP contribution < -0.4 is 0 Å². The lowest BCUT2D eigenvalue weighted by molar-refractivity contribution is 0.133. The molecule has 1 nitrogen and oxygen atoms in total. The van der Waals surface area contributed by atoms with E-state index in [1.54, 1.807) is 0 Å². The van der Waals surface area contributed by atoms with Crippen LogP contribution in [-0.4, -0.2) is 11.2 Å². The molecule has 0 radical (unpaired) electrons. The van der Waals surface area contributed by atoms with E-state index in [0.29, 0.717) is 5.92 Å². The molecule has 0 saturated carbocycles. The van der Waals surface area contributed by atoms with E-state index in [0.717, 1.165) is 12.8 Å². The Morgan fingerprint density at radius 3 is 2.78 bits per heavy atom. The fourth-order valence-electron chi connectivity index (χ4n) is 2.86. The largest absolute Gasteiger partial charge is 0.392 e. The zero-order valence-corrected chi connectivity index (χ0v) is 10.6. The minimum absolute atomic E-state index is 0.262. The fourth-order valence-corrected chi connectivity index (χ4v) is 2.86. The van der Waals surface area contributed by atoms with Crippen molar-refractivity contribution in [3.8, 4) is 0 Å². The summed E-state index contributed by atoms with van der Waals surface area (Å²) >= 11 is 0. The van der Waals surface area contributed by atoms with Gasteiger partial charge >= 0.3 is 0 Å². The second kappa shape index (κ2) is 4.58. The van der Waals surface area contributed by atoms with Crippen LogP contribution in [0.25, 0.3) is 0 Å². The lowest BCUT2D eigenvalue weighted by Crippen LogP contribution is -2.30. The van der Waals surface area contributed by atoms with Gasteiger partial charge in [-0.05, 0) is 36.5 Å². The third-order valence-corrected chi connectivity index (χ3v) is 3.89. The molecule has 1 N–H and O–H groups in total. The molecule has 2 aromatic rings. The molecule has 2 aromatic carbocycles. The molecule has 1 heteroatoms. The van der Waals surface area contributed by atoms with Crippen LogP contribution >= 0.6 is 0 Å². The van der Waals surface area contributed by atoms with E-state index in [2.05, 4.69) is 55.5 Å². The molecule has 92 valence electrons. The van der Waals surface area contributed by atoms with Gasteiger partial charge in [-0.25, -0.2) is 0 Å². The van der Waals surface area contributed by atoms with Crippen LogP contribution in [-0.2, 0) is 12.8 Å². The van der Waals surface area contributed by atoms with Crippen molar-refractivity contribution in [3.05, 3.63) is 70.8 Å². The minimum Gasteiger partial charge on any atom is -0.392 e. The summed E-state index contributed by atoms with van der Waals surface area (Å²) in [4.78, 5) is 0. The molecule has 3 rings (SSSR count). The molecule has 2 unspecified atom stereocenters. The molecular formula is C17H18O. The van der Waals surface area contributed by atoms with Crippen molar-refractivity contribution >= 4 is 0 Å². The SMILES string of the molecule is Cc1cccc(CC(O)C2Cc3ccccc32)c1. The maximum atomic E-state index is 10.4. The van der Waals surface area contributed by atoms with Crippen molar-refractivity contribution in [1.29, 1.82) is 0 Å². The van der Waals surface area contributed by atoms with Crippen molar-refractivity contribution in [2.45, 2.75) is 31.8 Å². The standard InChI is InChI=1S/C17H18O/c1-12-5-4-6-13(9-12)10-17(18)16-11-14-7-2-3-8-15(14)16/h2-9,16-18H,10-11H2,1H3.